The molecule has 0 aliphatic heterocycles. The number of carbonyl (C=O) groups is 1. The van der Waals surface area contributed by atoms with E-state index < -0.39 is 11.9 Å². The maximum Gasteiger partial charge on any atom is 0.274 e. The van der Waals surface area contributed by atoms with E-state index in [0.717, 1.165) is 4.47 Å². The van der Waals surface area contributed by atoms with Crippen LogP contribution in [0.15, 0.2) is 43.7 Å². The lowest BCUT2D eigenvalue weighted by atomic mass is 10.3. The molecule has 0 aliphatic carbocycles. The molecule has 1 aromatic carbocycles. The second-order valence-electron chi connectivity index (χ2n) is 3.54. The molecule has 0 saturated heterocycles. The van der Waals surface area contributed by atoms with E-state index in [2.05, 4.69) is 58.1 Å². The molecular weight excluding hydrogens is 447 g/mol. The zero-order valence-corrected chi connectivity index (χ0v) is 14.0. The lowest BCUT2D eigenvalue weighted by Crippen LogP contribution is -2.14. The lowest BCUT2D eigenvalue weighted by molar-refractivity contribution is 0.102. The van der Waals surface area contributed by atoms with E-state index in [-0.39, 0.29) is 5.69 Å². The molecule has 2 rings (SSSR count). The largest absolute Gasteiger partial charge is 0.319 e. The van der Waals surface area contributed by atoms with Gasteiger partial charge in [-0.05, 0) is 56.1 Å². The molecule has 0 atom stereocenters. The minimum atomic E-state index is -0.693. The van der Waals surface area contributed by atoms with Crippen LogP contribution in [0.5, 0.6) is 0 Å². The topological polar surface area (TPSA) is 42.0 Å². The van der Waals surface area contributed by atoms with E-state index >= 15 is 0 Å². The van der Waals surface area contributed by atoms with Crippen molar-refractivity contribution in [3.63, 3.8) is 0 Å². The molecule has 98 valence electrons. The van der Waals surface area contributed by atoms with Crippen molar-refractivity contribution in [1.82, 2.24) is 4.98 Å². The fourth-order valence-electron chi connectivity index (χ4n) is 1.37. The van der Waals surface area contributed by atoms with Crippen LogP contribution in [0.25, 0.3) is 0 Å². The van der Waals surface area contributed by atoms with Gasteiger partial charge < -0.3 is 5.32 Å². The van der Waals surface area contributed by atoms with Gasteiger partial charge in [0.15, 0.2) is 0 Å². The fraction of sp³-hybridized carbons (Fsp3) is 0. The number of rotatable bonds is 2. The Labute approximate surface area is 134 Å². The van der Waals surface area contributed by atoms with Crippen LogP contribution < -0.4 is 5.32 Å². The van der Waals surface area contributed by atoms with Gasteiger partial charge in [0, 0.05) is 13.4 Å². The molecule has 7 heteroatoms. The van der Waals surface area contributed by atoms with Crippen molar-refractivity contribution in [3.8, 4) is 0 Å². The van der Waals surface area contributed by atoms with Crippen molar-refractivity contribution in [3.05, 3.63) is 55.4 Å². The summed E-state index contributed by atoms with van der Waals surface area (Å²) < 4.78 is 15.2. The number of pyridine rings is 1. The molecular formula is C12H6Br3FN2O. The van der Waals surface area contributed by atoms with Crippen molar-refractivity contribution in [1.29, 1.82) is 0 Å². The summed E-state index contributed by atoms with van der Waals surface area (Å²) in [4.78, 5) is 15.5. The minimum Gasteiger partial charge on any atom is -0.319 e. The molecule has 3 nitrogen and oxygen atoms in total. The van der Waals surface area contributed by atoms with Crippen LogP contribution in [-0.2, 0) is 0 Å². The minimum absolute atomic E-state index is 0.0155. The summed E-state index contributed by atoms with van der Waals surface area (Å²) in [5.41, 5.74) is 0.570. The summed E-state index contributed by atoms with van der Waals surface area (Å²) in [5, 5.41) is 2.67. The van der Waals surface area contributed by atoms with E-state index in [4.69, 9.17) is 0 Å². The first kappa shape index (κ1) is 14.6. The predicted molar refractivity (Wildman–Crippen MR) is 81.7 cm³/mol. The molecule has 0 fully saturated rings. The van der Waals surface area contributed by atoms with Crippen LogP contribution in [0, 0.1) is 5.95 Å². The summed E-state index contributed by atoms with van der Waals surface area (Å²) in [6, 6.07) is 7.64. The van der Waals surface area contributed by atoms with Crippen molar-refractivity contribution in [2.75, 3.05) is 5.32 Å². The molecule has 1 N–H and O–H groups in total. The van der Waals surface area contributed by atoms with Crippen LogP contribution in [0.1, 0.15) is 10.5 Å². The fourth-order valence-corrected chi connectivity index (χ4v) is 3.83. The van der Waals surface area contributed by atoms with Crippen molar-refractivity contribution >= 4 is 59.4 Å². The molecule has 2 aromatic rings. The van der Waals surface area contributed by atoms with Crippen LogP contribution in [-0.4, -0.2) is 10.9 Å². The number of amides is 1. The highest BCUT2D eigenvalue weighted by Gasteiger charge is 2.13. The Kier molecular flexibility index (Phi) is 4.70. The number of anilines is 1. The molecule has 19 heavy (non-hydrogen) atoms. The Bertz CT molecular complexity index is 626. The average Bonchev–Trinajstić information content (AvgIpc) is 2.33. The van der Waals surface area contributed by atoms with Crippen molar-refractivity contribution < 1.29 is 9.18 Å². The van der Waals surface area contributed by atoms with Gasteiger partial charge >= 0.3 is 0 Å². The van der Waals surface area contributed by atoms with Gasteiger partial charge in [-0.2, -0.15) is 4.39 Å². The Morgan fingerprint density at radius 3 is 2.37 bits per heavy atom. The monoisotopic (exact) mass is 450 g/mol. The van der Waals surface area contributed by atoms with Crippen LogP contribution >= 0.6 is 47.8 Å². The molecule has 0 radical (unpaired) electrons. The molecule has 0 aliphatic rings. The Balaban J connectivity index is 2.29. The molecule has 1 aromatic heterocycles. The molecule has 0 spiro atoms. The second-order valence-corrected chi connectivity index (χ2v) is 6.17. The van der Waals surface area contributed by atoms with Gasteiger partial charge in [-0.15, -0.1) is 0 Å². The molecule has 0 saturated carbocycles. The number of hydrogen-bond donors (Lipinski definition) is 1. The number of benzene rings is 1. The quantitative estimate of drug-likeness (QED) is 0.667. The summed E-state index contributed by atoms with van der Waals surface area (Å²) in [5.74, 6) is -1.18. The zero-order valence-electron chi connectivity index (χ0n) is 9.25. The van der Waals surface area contributed by atoms with Gasteiger partial charge in [-0.1, -0.05) is 22.0 Å². The highest BCUT2D eigenvalue weighted by molar-refractivity contribution is 9.11. The van der Waals surface area contributed by atoms with E-state index in [1.54, 1.807) is 12.1 Å². The highest BCUT2D eigenvalue weighted by Crippen LogP contribution is 2.34. The number of halogens is 4. The summed E-state index contributed by atoms with van der Waals surface area (Å²) in [6.07, 6.45) is 0. The SMILES string of the molecule is O=C(Nc1c(Br)cc(Br)cc1Br)c1cccc(F)n1. The first-order valence-corrected chi connectivity index (χ1v) is 7.43. The van der Waals surface area contributed by atoms with Crippen molar-refractivity contribution in [2.45, 2.75) is 0 Å². The zero-order chi connectivity index (χ0) is 14.0. The van der Waals surface area contributed by atoms with Crippen molar-refractivity contribution in [2.24, 2.45) is 0 Å². The van der Waals surface area contributed by atoms with Gasteiger partial charge in [0.05, 0.1) is 5.69 Å². The average molecular weight is 453 g/mol. The summed E-state index contributed by atoms with van der Waals surface area (Å²) in [7, 11) is 0. The number of nitrogens with one attached hydrogen (secondary N) is 1. The van der Waals surface area contributed by atoms with E-state index in [1.807, 2.05) is 0 Å². The second kappa shape index (κ2) is 6.11. The first-order valence-electron chi connectivity index (χ1n) is 5.06. The molecule has 1 heterocycles. The van der Waals surface area contributed by atoms with E-state index in [0.29, 0.717) is 14.6 Å². The number of nitrogens with zero attached hydrogens (tertiary/aromatic N) is 1. The maximum absolute atomic E-state index is 13.0. The molecule has 1 amide bonds. The summed E-state index contributed by atoms with van der Waals surface area (Å²) in [6.45, 7) is 0. The van der Waals surface area contributed by atoms with E-state index in [1.165, 1.54) is 18.2 Å². The first-order chi connectivity index (χ1) is 8.97. The Morgan fingerprint density at radius 2 is 1.79 bits per heavy atom. The molecule has 0 bridgehead atoms. The predicted octanol–water partition coefficient (Wildman–Crippen LogP) is 4.76. The number of aromatic nitrogens is 1. The van der Waals surface area contributed by atoms with Crippen LogP contribution in [0.3, 0.4) is 0 Å². The van der Waals surface area contributed by atoms with Gasteiger partial charge in [-0.3, -0.25) is 4.79 Å². The van der Waals surface area contributed by atoms with Crippen LogP contribution in [0.2, 0.25) is 0 Å². The smallest absolute Gasteiger partial charge is 0.274 e. The van der Waals surface area contributed by atoms with Gasteiger partial charge in [0.2, 0.25) is 5.95 Å². The Hall–Kier alpha value is -0.790. The van der Waals surface area contributed by atoms with Gasteiger partial charge in [-0.25, -0.2) is 4.98 Å². The van der Waals surface area contributed by atoms with Gasteiger partial charge in [0.1, 0.15) is 5.69 Å². The number of carbonyl (C=O) groups excluding carboxylic acids is 1. The third kappa shape index (κ3) is 3.61. The van der Waals surface area contributed by atoms with Crippen LogP contribution in [0.4, 0.5) is 10.1 Å². The normalized spacial score (nSPS) is 10.3. The summed E-state index contributed by atoms with van der Waals surface area (Å²) >= 11 is 10.0. The molecule has 0 unspecified atom stereocenters. The standard InChI is InChI=1S/C12H6Br3FN2O/c13-6-4-7(14)11(8(15)5-6)18-12(19)9-2-1-3-10(16)17-9/h1-5H,(H,18,19). The highest BCUT2D eigenvalue weighted by atomic mass is 79.9. The maximum atomic E-state index is 13.0. The third-order valence-electron chi connectivity index (χ3n) is 2.19. The third-order valence-corrected chi connectivity index (χ3v) is 3.90. The van der Waals surface area contributed by atoms with Gasteiger partial charge in [0.25, 0.3) is 5.91 Å². The van der Waals surface area contributed by atoms with E-state index in [9.17, 15) is 9.18 Å². The Morgan fingerprint density at radius 1 is 1.16 bits per heavy atom. The number of hydrogen-bond acceptors (Lipinski definition) is 2. The lowest BCUT2D eigenvalue weighted by Gasteiger charge is -2.10.